The molecule has 3 nitrogen and oxygen atoms in total. The molecule has 0 bridgehead atoms. The van der Waals surface area contributed by atoms with Crippen molar-refractivity contribution in [1.82, 2.24) is 5.32 Å². The lowest BCUT2D eigenvalue weighted by atomic mass is 9.88. The maximum Gasteiger partial charge on any atom is 0.119 e. The lowest BCUT2D eigenvalue weighted by Gasteiger charge is -2.26. The summed E-state index contributed by atoms with van der Waals surface area (Å²) in [5.41, 5.74) is 2.85. The molecule has 112 valence electrons. The van der Waals surface area contributed by atoms with Gasteiger partial charge in [-0.25, -0.2) is 0 Å². The number of benzene rings is 1. The molecule has 1 aromatic carbocycles. The van der Waals surface area contributed by atoms with Gasteiger partial charge in [0, 0.05) is 28.3 Å². The van der Waals surface area contributed by atoms with Gasteiger partial charge in [-0.2, -0.15) is 0 Å². The molecule has 2 rings (SSSR count). The topological polar surface area (TPSA) is 38.3 Å². The SMILES string of the molecule is COc1ccc2c(c1)CC(NCCC(C)S(C)=O)CC2. The number of fused-ring (bicyclic) bond motifs is 1. The van der Waals surface area contributed by atoms with Crippen LogP contribution in [0.15, 0.2) is 18.2 Å². The van der Waals surface area contributed by atoms with Gasteiger partial charge < -0.3 is 10.1 Å². The average Bonchev–Trinajstić information content (AvgIpc) is 2.46. The Bertz CT molecular complexity index is 476. The van der Waals surface area contributed by atoms with Crippen LogP contribution in [-0.4, -0.2) is 35.4 Å². The first kappa shape index (κ1) is 15.5. The molecule has 1 aliphatic rings. The number of methoxy groups -OCH3 is 1. The van der Waals surface area contributed by atoms with Crippen molar-refractivity contribution in [3.05, 3.63) is 29.3 Å². The van der Waals surface area contributed by atoms with Crippen LogP contribution in [0.5, 0.6) is 5.75 Å². The third-order valence-electron chi connectivity index (χ3n) is 4.19. The number of hydrogen-bond acceptors (Lipinski definition) is 3. The molecule has 0 saturated carbocycles. The minimum absolute atomic E-state index is 0.276. The predicted octanol–water partition coefficient (Wildman–Crippen LogP) is 2.30. The molecule has 1 aromatic rings. The number of rotatable bonds is 6. The van der Waals surface area contributed by atoms with Crippen LogP contribution >= 0.6 is 0 Å². The van der Waals surface area contributed by atoms with Gasteiger partial charge in [0.1, 0.15) is 5.75 Å². The standard InChI is InChI=1S/C16H25NO2S/c1-12(20(3)18)8-9-17-15-6-4-13-5-7-16(19-2)11-14(13)10-15/h5,7,11-12,15,17H,4,6,8-10H2,1-3H3. The van der Waals surface area contributed by atoms with E-state index >= 15 is 0 Å². The third kappa shape index (κ3) is 4.06. The van der Waals surface area contributed by atoms with Crippen LogP contribution in [0.2, 0.25) is 0 Å². The molecule has 0 spiro atoms. The van der Waals surface area contributed by atoms with Gasteiger partial charge in [-0.1, -0.05) is 13.0 Å². The molecule has 0 heterocycles. The van der Waals surface area contributed by atoms with Crippen molar-refractivity contribution in [3.63, 3.8) is 0 Å². The highest BCUT2D eigenvalue weighted by Gasteiger charge is 2.19. The Morgan fingerprint density at radius 2 is 2.25 bits per heavy atom. The van der Waals surface area contributed by atoms with Crippen LogP contribution in [0.1, 0.15) is 30.9 Å². The van der Waals surface area contributed by atoms with Crippen LogP contribution in [0.25, 0.3) is 0 Å². The van der Waals surface area contributed by atoms with Crippen molar-refractivity contribution in [2.24, 2.45) is 0 Å². The zero-order valence-electron chi connectivity index (χ0n) is 12.6. The second kappa shape index (κ2) is 7.23. The van der Waals surface area contributed by atoms with E-state index in [2.05, 4.69) is 24.4 Å². The molecule has 0 aromatic heterocycles. The van der Waals surface area contributed by atoms with Crippen LogP contribution in [0.4, 0.5) is 0 Å². The first-order valence-electron chi connectivity index (χ1n) is 7.31. The van der Waals surface area contributed by atoms with Gasteiger partial charge in [0.15, 0.2) is 0 Å². The summed E-state index contributed by atoms with van der Waals surface area (Å²) in [5.74, 6) is 0.944. The first-order valence-corrected chi connectivity index (χ1v) is 8.93. The van der Waals surface area contributed by atoms with Crippen molar-refractivity contribution in [2.75, 3.05) is 19.9 Å². The molecule has 3 unspecified atom stereocenters. The Kier molecular flexibility index (Phi) is 5.61. The fraction of sp³-hybridized carbons (Fsp3) is 0.625. The van der Waals surface area contributed by atoms with Gasteiger partial charge in [0.05, 0.1) is 7.11 Å². The van der Waals surface area contributed by atoms with Crippen molar-refractivity contribution in [3.8, 4) is 5.75 Å². The number of hydrogen-bond donors (Lipinski definition) is 1. The molecule has 0 aliphatic heterocycles. The predicted molar refractivity (Wildman–Crippen MR) is 85.0 cm³/mol. The van der Waals surface area contributed by atoms with E-state index in [9.17, 15) is 4.21 Å². The number of nitrogens with one attached hydrogen (secondary N) is 1. The van der Waals surface area contributed by atoms with Crippen molar-refractivity contribution < 1.29 is 8.95 Å². The highest BCUT2D eigenvalue weighted by atomic mass is 32.2. The van der Waals surface area contributed by atoms with Crippen LogP contribution in [0.3, 0.4) is 0 Å². The van der Waals surface area contributed by atoms with Crippen LogP contribution in [-0.2, 0) is 23.6 Å². The molecule has 0 radical (unpaired) electrons. The monoisotopic (exact) mass is 295 g/mol. The van der Waals surface area contributed by atoms with Gasteiger partial charge in [-0.05, 0) is 55.5 Å². The Morgan fingerprint density at radius 3 is 2.95 bits per heavy atom. The van der Waals surface area contributed by atoms with E-state index in [4.69, 9.17) is 4.74 Å². The highest BCUT2D eigenvalue weighted by molar-refractivity contribution is 7.84. The molecule has 20 heavy (non-hydrogen) atoms. The van der Waals surface area contributed by atoms with Gasteiger partial charge in [0.25, 0.3) is 0 Å². The Balaban J connectivity index is 1.86. The van der Waals surface area contributed by atoms with Crippen molar-refractivity contribution in [2.45, 2.75) is 43.9 Å². The molecule has 1 N–H and O–H groups in total. The van der Waals surface area contributed by atoms with E-state index in [1.54, 1.807) is 13.4 Å². The van der Waals surface area contributed by atoms with E-state index < -0.39 is 10.8 Å². The summed E-state index contributed by atoms with van der Waals surface area (Å²) >= 11 is 0. The summed E-state index contributed by atoms with van der Waals surface area (Å²) < 4.78 is 16.6. The Hall–Kier alpha value is -0.870. The molecule has 0 fully saturated rings. The fourth-order valence-corrected chi connectivity index (χ4v) is 3.14. The molecule has 3 atom stereocenters. The molecular weight excluding hydrogens is 270 g/mol. The van der Waals surface area contributed by atoms with E-state index in [1.807, 2.05) is 6.07 Å². The molecule has 4 heteroatoms. The summed E-state index contributed by atoms with van der Waals surface area (Å²) in [6, 6.07) is 6.93. The summed E-state index contributed by atoms with van der Waals surface area (Å²) in [6.07, 6.45) is 6.14. The largest absolute Gasteiger partial charge is 0.497 e. The molecule has 1 aliphatic carbocycles. The zero-order valence-corrected chi connectivity index (χ0v) is 13.5. The minimum Gasteiger partial charge on any atom is -0.497 e. The smallest absolute Gasteiger partial charge is 0.119 e. The second-order valence-corrected chi connectivity index (χ2v) is 7.43. The highest BCUT2D eigenvalue weighted by Crippen LogP contribution is 2.25. The van der Waals surface area contributed by atoms with Crippen molar-refractivity contribution >= 4 is 10.8 Å². The maximum atomic E-state index is 11.3. The molecule has 0 saturated heterocycles. The van der Waals surface area contributed by atoms with Gasteiger partial charge in [-0.15, -0.1) is 0 Å². The number of aryl methyl sites for hydroxylation is 1. The van der Waals surface area contributed by atoms with Gasteiger partial charge in [0.2, 0.25) is 0 Å². The van der Waals surface area contributed by atoms with E-state index in [0.717, 1.165) is 31.6 Å². The van der Waals surface area contributed by atoms with Gasteiger partial charge in [-0.3, -0.25) is 4.21 Å². The Labute approximate surface area is 124 Å². The van der Waals surface area contributed by atoms with E-state index in [1.165, 1.54) is 17.5 Å². The molecular formula is C16H25NO2S. The summed E-state index contributed by atoms with van der Waals surface area (Å²) in [4.78, 5) is 0. The second-order valence-electron chi connectivity index (χ2n) is 5.63. The maximum absolute atomic E-state index is 11.3. The van der Waals surface area contributed by atoms with Crippen LogP contribution in [0, 0.1) is 0 Å². The summed E-state index contributed by atoms with van der Waals surface area (Å²) in [5, 5.41) is 3.89. The minimum atomic E-state index is -0.714. The normalized spacial score (nSPS) is 21.1. The van der Waals surface area contributed by atoms with E-state index in [-0.39, 0.29) is 5.25 Å². The fourth-order valence-electron chi connectivity index (χ4n) is 2.69. The Morgan fingerprint density at radius 1 is 1.45 bits per heavy atom. The lowest BCUT2D eigenvalue weighted by Crippen LogP contribution is -2.36. The average molecular weight is 295 g/mol. The third-order valence-corrected chi connectivity index (χ3v) is 5.56. The first-order chi connectivity index (χ1) is 9.60. The van der Waals surface area contributed by atoms with Crippen molar-refractivity contribution in [1.29, 1.82) is 0 Å². The zero-order chi connectivity index (χ0) is 14.5. The number of ether oxygens (including phenoxy) is 1. The molecule has 0 amide bonds. The summed E-state index contributed by atoms with van der Waals surface area (Å²) in [6.45, 7) is 3.00. The lowest BCUT2D eigenvalue weighted by molar-refractivity contribution is 0.410. The van der Waals surface area contributed by atoms with E-state index in [0.29, 0.717) is 6.04 Å². The van der Waals surface area contributed by atoms with Gasteiger partial charge >= 0.3 is 0 Å². The summed E-state index contributed by atoms with van der Waals surface area (Å²) in [7, 11) is 1.00. The van der Waals surface area contributed by atoms with Crippen LogP contribution < -0.4 is 10.1 Å². The quantitative estimate of drug-likeness (QED) is 0.875.